The van der Waals surface area contributed by atoms with E-state index in [2.05, 4.69) is 17.2 Å². The molecular formula is C18H22F2N4O. The van der Waals surface area contributed by atoms with Crippen LogP contribution in [0.25, 0.3) is 0 Å². The lowest BCUT2D eigenvalue weighted by Crippen LogP contribution is -2.44. The van der Waals surface area contributed by atoms with Crippen LogP contribution in [0.15, 0.2) is 24.5 Å². The Morgan fingerprint density at radius 3 is 2.92 bits per heavy atom. The van der Waals surface area contributed by atoms with Gasteiger partial charge in [-0.25, -0.2) is 18.6 Å². The van der Waals surface area contributed by atoms with Crippen molar-refractivity contribution in [1.29, 1.82) is 0 Å². The summed E-state index contributed by atoms with van der Waals surface area (Å²) in [7, 11) is 0. The zero-order chi connectivity index (χ0) is 18.0. The molecule has 0 saturated carbocycles. The minimum absolute atomic E-state index is 0.204. The molecule has 1 aromatic carbocycles. The van der Waals surface area contributed by atoms with Crippen LogP contribution in [-0.2, 0) is 19.5 Å². The lowest BCUT2D eigenvalue weighted by molar-refractivity contribution is 0.189. The highest BCUT2D eigenvalue weighted by Crippen LogP contribution is 2.23. The number of aryl methyl sites for hydroxylation is 1. The number of nitrogens with zero attached hydrogens (tertiary/aromatic N) is 3. The zero-order valence-corrected chi connectivity index (χ0v) is 14.4. The molecule has 2 aromatic rings. The SMILES string of the molecule is Cc1nccn1C[C@H](C)CNC(=O)N1CCc2c(F)cc(F)cc2C1. The van der Waals surface area contributed by atoms with E-state index in [4.69, 9.17) is 0 Å². The summed E-state index contributed by atoms with van der Waals surface area (Å²) in [5.74, 6) is 0.0425. The fourth-order valence-electron chi connectivity index (χ4n) is 3.15. The maximum absolute atomic E-state index is 13.8. The number of fused-ring (bicyclic) bond motifs is 1. The lowest BCUT2D eigenvalue weighted by atomic mass is 9.99. The molecule has 0 radical (unpaired) electrons. The molecule has 0 spiro atoms. The maximum atomic E-state index is 13.8. The Labute approximate surface area is 145 Å². The number of urea groups is 1. The van der Waals surface area contributed by atoms with Gasteiger partial charge in [-0.2, -0.15) is 0 Å². The van der Waals surface area contributed by atoms with E-state index in [-0.39, 0.29) is 18.5 Å². The summed E-state index contributed by atoms with van der Waals surface area (Å²) >= 11 is 0. The van der Waals surface area contributed by atoms with Crippen LogP contribution in [0.1, 0.15) is 23.9 Å². The maximum Gasteiger partial charge on any atom is 0.317 e. The average Bonchev–Trinajstić information content (AvgIpc) is 2.96. The Kier molecular flexibility index (Phi) is 5.01. The fraction of sp³-hybridized carbons (Fsp3) is 0.444. The minimum Gasteiger partial charge on any atom is -0.338 e. The van der Waals surface area contributed by atoms with Crippen molar-refractivity contribution >= 4 is 6.03 Å². The predicted molar refractivity (Wildman–Crippen MR) is 90.0 cm³/mol. The molecule has 134 valence electrons. The van der Waals surface area contributed by atoms with Crippen molar-refractivity contribution in [1.82, 2.24) is 19.8 Å². The van der Waals surface area contributed by atoms with Crippen molar-refractivity contribution in [3.8, 4) is 0 Å². The molecule has 25 heavy (non-hydrogen) atoms. The molecule has 2 heterocycles. The van der Waals surface area contributed by atoms with E-state index in [1.54, 1.807) is 11.1 Å². The highest BCUT2D eigenvalue weighted by atomic mass is 19.1. The van der Waals surface area contributed by atoms with Crippen LogP contribution in [0.4, 0.5) is 13.6 Å². The molecule has 3 rings (SSSR count). The second-order valence-electron chi connectivity index (χ2n) is 6.61. The number of halogens is 2. The molecular weight excluding hydrogens is 326 g/mol. The quantitative estimate of drug-likeness (QED) is 0.924. The molecule has 1 atom stereocenters. The number of benzene rings is 1. The second kappa shape index (κ2) is 7.21. The summed E-state index contributed by atoms with van der Waals surface area (Å²) in [6.45, 7) is 5.94. The van der Waals surface area contributed by atoms with Gasteiger partial charge in [-0.1, -0.05) is 6.92 Å². The normalized spacial score (nSPS) is 15.0. The Morgan fingerprint density at radius 1 is 1.40 bits per heavy atom. The van der Waals surface area contributed by atoms with E-state index in [9.17, 15) is 13.6 Å². The van der Waals surface area contributed by atoms with Crippen molar-refractivity contribution in [3.05, 3.63) is 53.1 Å². The smallest absolute Gasteiger partial charge is 0.317 e. The van der Waals surface area contributed by atoms with E-state index >= 15 is 0 Å². The largest absolute Gasteiger partial charge is 0.338 e. The van der Waals surface area contributed by atoms with Gasteiger partial charge in [0.2, 0.25) is 0 Å². The van der Waals surface area contributed by atoms with Crippen LogP contribution in [0.2, 0.25) is 0 Å². The van der Waals surface area contributed by atoms with Crippen molar-refractivity contribution < 1.29 is 13.6 Å². The van der Waals surface area contributed by atoms with Crippen molar-refractivity contribution in [2.75, 3.05) is 13.1 Å². The van der Waals surface area contributed by atoms with Gasteiger partial charge in [0.15, 0.2) is 0 Å². The number of hydrogen-bond donors (Lipinski definition) is 1. The number of carbonyl (C=O) groups excluding carboxylic acids is 1. The first-order valence-corrected chi connectivity index (χ1v) is 8.41. The first-order valence-electron chi connectivity index (χ1n) is 8.41. The van der Waals surface area contributed by atoms with Gasteiger partial charge >= 0.3 is 6.03 Å². The molecule has 5 nitrogen and oxygen atoms in total. The number of rotatable bonds is 4. The highest BCUT2D eigenvalue weighted by Gasteiger charge is 2.23. The minimum atomic E-state index is -0.608. The summed E-state index contributed by atoms with van der Waals surface area (Å²) in [6, 6.07) is 2.00. The summed E-state index contributed by atoms with van der Waals surface area (Å²) in [5.41, 5.74) is 1.05. The van der Waals surface area contributed by atoms with Gasteiger partial charge in [0.1, 0.15) is 17.5 Å². The number of aromatic nitrogens is 2. The molecule has 2 amide bonds. The number of nitrogens with one attached hydrogen (secondary N) is 1. The Morgan fingerprint density at radius 2 is 2.20 bits per heavy atom. The Hall–Kier alpha value is -2.44. The third kappa shape index (κ3) is 3.97. The average molecular weight is 348 g/mol. The Balaban J connectivity index is 1.54. The topological polar surface area (TPSA) is 50.2 Å². The molecule has 0 fully saturated rings. The molecule has 0 aliphatic carbocycles. The van der Waals surface area contributed by atoms with Gasteiger partial charge in [-0.05, 0) is 36.5 Å². The molecule has 1 aromatic heterocycles. The first kappa shape index (κ1) is 17.4. The molecule has 0 unspecified atom stereocenters. The third-order valence-electron chi connectivity index (χ3n) is 4.57. The number of carbonyl (C=O) groups is 1. The lowest BCUT2D eigenvalue weighted by Gasteiger charge is -2.29. The van der Waals surface area contributed by atoms with E-state index in [0.29, 0.717) is 30.6 Å². The van der Waals surface area contributed by atoms with Crippen molar-refractivity contribution in [2.24, 2.45) is 5.92 Å². The molecule has 1 aliphatic rings. The summed E-state index contributed by atoms with van der Waals surface area (Å²) < 4.78 is 29.2. The van der Waals surface area contributed by atoms with Crippen molar-refractivity contribution in [3.63, 3.8) is 0 Å². The van der Waals surface area contributed by atoms with Crippen LogP contribution in [0.5, 0.6) is 0 Å². The van der Waals surface area contributed by atoms with Crippen molar-refractivity contribution in [2.45, 2.75) is 33.4 Å². The third-order valence-corrected chi connectivity index (χ3v) is 4.57. The number of hydrogen-bond acceptors (Lipinski definition) is 2. The first-order chi connectivity index (χ1) is 11.9. The van der Waals surface area contributed by atoms with Gasteiger partial charge in [-0.15, -0.1) is 0 Å². The van der Waals surface area contributed by atoms with Gasteiger partial charge in [0.05, 0.1) is 0 Å². The van der Waals surface area contributed by atoms with Gasteiger partial charge in [-0.3, -0.25) is 0 Å². The standard InChI is InChI=1S/C18H22F2N4O/c1-12(10-23-6-4-21-13(23)2)9-22-18(25)24-5-3-16-14(11-24)7-15(19)8-17(16)20/h4,6-8,12H,3,5,9-11H2,1-2H3,(H,22,25)/t12-/m1/s1. The zero-order valence-electron chi connectivity index (χ0n) is 14.4. The van der Waals surface area contributed by atoms with Gasteiger partial charge in [0, 0.05) is 44.6 Å². The van der Waals surface area contributed by atoms with E-state index < -0.39 is 11.6 Å². The molecule has 1 aliphatic heterocycles. The molecule has 0 saturated heterocycles. The van der Waals surface area contributed by atoms with E-state index in [1.807, 2.05) is 17.7 Å². The van der Waals surface area contributed by atoms with E-state index in [0.717, 1.165) is 18.4 Å². The number of imidazole rings is 1. The summed E-state index contributed by atoms with van der Waals surface area (Å²) in [5, 5.41) is 2.91. The van der Waals surface area contributed by atoms with Crippen LogP contribution in [-0.4, -0.2) is 33.6 Å². The van der Waals surface area contributed by atoms with Crippen LogP contribution in [0, 0.1) is 24.5 Å². The molecule has 0 bridgehead atoms. The predicted octanol–water partition coefficient (Wildman–Crippen LogP) is 2.87. The molecule has 1 N–H and O–H groups in total. The van der Waals surface area contributed by atoms with Gasteiger partial charge < -0.3 is 14.8 Å². The second-order valence-corrected chi connectivity index (χ2v) is 6.61. The van der Waals surface area contributed by atoms with Gasteiger partial charge in [0.25, 0.3) is 0 Å². The number of amides is 2. The van der Waals surface area contributed by atoms with Crippen LogP contribution >= 0.6 is 0 Å². The monoisotopic (exact) mass is 348 g/mol. The fourth-order valence-corrected chi connectivity index (χ4v) is 3.15. The molecule has 7 heteroatoms. The van der Waals surface area contributed by atoms with Crippen LogP contribution in [0.3, 0.4) is 0 Å². The Bertz CT molecular complexity index is 774. The summed E-state index contributed by atoms with van der Waals surface area (Å²) in [4.78, 5) is 18.1. The summed E-state index contributed by atoms with van der Waals surface area (Å²) in [6.07, 6.45) is 4.07. The van der Waals surface area contributed by atoms with Crippen LogP contribution < -0.4 is 5.32 Å². The van der Waals surface area contributed by atoms with E-state index in [1.165, 1.54) is 6.07 Å². The highest BCUT2D eigenvalue weighted by molar-refractivity contribution is 5.74.